The maximum absolute atomic E-state index is 11.6. The van der Waals surface area contributed by atoms with Crippen molar-refractivity contribution in [1.82, 2.24) is 5.43 Å². The van der Waals surface area contributed by atoms with Crippen molar-refractivity contribution in [3.8, 4) is 0 Å². The summed E-state index contributed by atoms with van der Waals surface area (Å²) in [5.74, 6) is -0.811. The molecule has 1 amide bonds. The molecule has 0 aliphatic carbocycles. The number of nitrogens with zero attached hydrogens (tertiary/aromatic N) is 1. The third-order valence-corrected chi connectivity index (χ3v) is 3.29. The molecule has 10 heteroatoms. The fraction of sp³-hybridized carbons (Fsp3) is 0.0769. The van der Waals surface area contributed by atoms with Crippen molar-refractivity contribution in [2.75, 3.05) is 0 Å². The second-order valence-corrected chi connectivity index (χ2v) is 5.47. The van der Waals surface area contributed by atoms with Crippen LogP contribution in [0.4, 0.5) is 0 Å². The van der Waals surface area contributed by atoms with Gasteiger partial charge in [0.15, 0.2) is 16.2 Å². The minimum atomic E-state index is -4.68. The first-order chi connectivity index (χ1) is 10.4. The van der Waals surface area contributed by atoms with Gasteiger partial charge in [0.25, 0.3) is 5.91 Å². The van der Waals surface area contributed by atoms with Crippen LogP contribution in [-0.4, -0.2) is 30.2 Å². The Kier molecular flexibility index (Phi) is 7.13. The summed E-state index contributed by atoms with van der Waals surface area (Å²) in [6, 6.07) is 10.4. The summed E-state index contributed by atoms with van der Waals surface area (Å²) < 4.78 is 36.7. The number of nitrogens with one attached hydrogen (secondary N) is 1. The summed E-state index contributed by atoms with van der Waals surface area (Å²) in [4.78, 5) is 11.6. The van der Waals surface area contributed by atoms with Crippen molar-refractivity contribution in [2.45, 2.75) is 11.2 Å². The molecule has 116 valence electrons. The molecule has 0 spiro atoms. The van der Waals surface area contributed by atoms with E-state index in [0.717, 1.165) is 12.3 Å². The molecule has 0 aliphatic heterocycles. The Morgan fingerprint density at radius 3 is 2.48 bits per heavy atom. The van der Waals surface area contributed by atoms with Crippen molar-refractivity contribution in [2.24, 2.45) is 5.10 Å². The van der Waals surface area contributed by atoms with E-state index in [0.29, 0.717) is 5.56 Å². The van der Waals surface area contributed by atoms with Gasteiger partial charge in [-0.3, -0.25) is 4.79 Å². The predicted octanol–water partition coefficient (Wildman–Crippen LogP) is -2.63. The third-order valence-electron chi connectivity index (χ3n) is 2.58. The van der Waals surface area contributed by atoms with Crippen LogP contribution in [-0.2, 0) is 14.9 Å². The Bertz CT molecular complexity index is 788. The summed E-state index contributed by atoms with van der Waals surface area (Å²) in [6.07, 6.45) is -0.392. The molecular formula is C13H11N2NaO6S. The molecule has 0 bridgehead atoms. The molecule has 0 saturated heterocycles. The monoisotopic (exact) mass is 346 g/mol. The van der Waals surface area contributed by atoms with Crippen LogP contribution >= 0.6 is 0 Å². The quantitative estimate of drug-likeness (QED) is 0.263. The first-order valence-electron chi connectivity index (χ1n) is 5.99. The van der Waals surface area contributed by atoms with E-state index in [1.807, 2.05) is 0 Å². The SMILES string of the molecule is O=C(NN=Cc1ccc(S(=O)(=O)[O-])o1)C(O)c1ccccc1.[Na+]. The molecule has 0 radical (unpaired) electrons. The summed E-state index contributed by atoms with van der Waals surface area (Å²) in [5, 5.41) is 12.5. The van der Waals surface area contributed by atoms with Crippen molar-refractivity contribution in [1.29, 1.82) is 0 Å². The molecule has 1 heterocycles. The minimum Gasteiger partial charge on any atom is -0.742 e. The fourth-order valence-electron chi connectivity index (χ4n) is 1.55. The maximum atomic E-state index is 11.6. The van der Waals surface area contributed by atoms with Crippen LogP contribution in [0, 0.1) is 0 Å². The van der Waals surface area contributed by atoms with Gasteiger partial charge < -0.3 is 14.1 Å². The second-order valence-electron chi connectivity index (χ2n) is 4.16. The van der Waals surface area contributed by atoms with Gasteiger partial charge in [-0.15, -0.1) is 0 Å². The topological polar surface area (TPSA) is 132 Å². The van der Waals surface area contributed by atoms with Gasteiger partial charge in [0.2, 0.25) is 5.09 Å². The molecule has 1 atom stereocenters. The van der Waals surface area contributed by atoms with E-state index < -0.39 is 27.2 Å². The van der Waals surface area contributed by atoms with Gasteiger partial charge in [0.05, 0.1) is 6.21 Å². The zero-order valence-electron chi connectivity index (χ0n) is 12.0. The van der Waals surface area contributed by atoms with Gasteiger partial charge in [-0.05, 0) is 17.7 Å². The zero-order valence-corrected chi connectivity index (χ0v) is 14.9. The number of amides is 1. The molecule has 0 aliphatic rings. The van der Waals surface area contributed by atoms with Crippen LogP contribution in [0.5, 0.6) is 0 Å². The summed E-state index contributed by atoms with van der Waals surface area (Å²) in [5.41, 5.74) is 2.47. The van der Waals surface area contributed by atoms with E-state index in [1.54, 1.807) is 30.3 Å². The van der Waals surface area contributed by atoms with Crippen molar-refractivity contribution < 1.29 is 56.8 Å². The van der Waals surface area contributed by atoms with Gasteiger partial charge >= 0.3 is 29.6 Å². The largest absolute Gasteiger partial charge is 1.00 e. The minimum absolute atomic E-state index is 0. The summed E-state index contributed by atoms with van der Waals surface area (Å²) >= 11 is 0. The maximum Gasteiger partial charge on any atom is 1.00 e. The normalized spacial score (nSPS) is 12.6. The van der Waals surface area contributed by atoms with Gasteiger partial charge in [-0.2, -0.15) is 5.10 Å². The first-order valence-corrected chi connectivity index (χ1v) is 7.40. The molecule has 0 fully saturated rings. The number of aliphatic hydroxyl groups excluding tert-OH is 1. The Morgan fingerprint density at radius 2 is 1.91 bits per heavy atom. The number of hydrogen-bond acceptors (Lipinski definition) is 7. The average Bonchev–Trinajstić information content (AvgIpc) is 2.96. The van der Waals surface area contributed by atoms with E-state index in [-0.39, 0.29) is 35.3 Å². The molecule has 2 N–H and O–H groups in total. The van der Waals surface area contributed by atoms with Crippen LogP contribution in [0.1, 0.15) is 17.4 Å². The van der Waals surface area contributed by atoms with Crippen molar-refractivity contribution in [3.05, 3.63) is 53.8 Å². The van der Waals surface area contributed by atoms with Gasteiger partial charge in [0, 0.05) is 0 Å². The summed E-state index contributed by atoms with van der Waals surface area (Å²) in [6.45, 7) is 0. The summed E-state index contributed by atoms with van der Waals surface area (Å²) in [7, 11) is -4.68. The fourth-order valence-corrected chi connectivity index (χ4v) is 1.98. The Balaban J connectivity index is 0.00000264. The molecule has 8 nitrogen and oxygen atoms in total. The van der Waals surface area contributed by atoms with Crippen molar-refractivity contribution in [3.63, 3.8) is 0 Å². The smallest absolute Gasteiger partial charge is 0.742 e. The predicted molar refractivity (Wildman–Crippen MR) is 73.8 cm³/mol. The molecule has 2 aromatic rings. The van der Waals surface area contributed by atoms with Crippen LogP contribution in [0.15, 0.2) is 57.1 Å². The molecule has 0 saturated carbocycles. The van der Waals surface area contributed by atoms with Gasteiger partial charge in [-0.25, -0.2) is 13.8 Å². The molecular weight excluding hydrogens is 335 g/mol. The Labute approximate surface area is 154 Å². The number of carbonyl (C=O) groups is 1. The number of rotatable bonds is 5. The van der Waals surface area contributed by atoms with E-state index >= 15 is 0 Å². The third kappa shape index (κ3) is 5.57. The van der Waals surface area contributed by atoms with Crippen LogP contribution < -0.4 is 35.0 Å². The number of benzene rings is 1. The Hall–Kier alpha value is -1.49. The number of carbonyl (C=O) groups excluding carboxylic acids is 1. The van der Waals surface area contributed by atoms with Gasteiger partial charge in [0.1, 0.15) is 5.76 Å². The van der Waals surface area contributed by atoms with Crippen molar-refractivity contribution >= 4 is 22.2 Å². The van der Waals surface area contributed by atoms with Crippen LogP contribution in [0.3, 0.4) is 0 Å². The van der Waals surface area contributed by atoms with Crippen LogP contribution in [0.2, 0.25) is 0 Å². The molecule has 23 heavy (non-hydrogen) atoms. The van der Waals surface area contributed by atoms with E-state index in [2.05, 4.69) is 10.5 Å². The van der Waals surface area contributed by atoms with Gasteiger partial charge in [-0.1, -0.05) is 30.3 Å². The van der Waals surface area contributed by atoms with E-state index in [4.69, 9.17) is 4.42 Å². The van der Waals surface area contributed by atoms with E-state index in [1.165, 1.54) is 6.07 Å². The molecule has 1 unspecified atom stereocenters. The number of furan rings is 1. The standard InChI is InChI=1S/C13H12N2O6S.Na/c16-12(9-4-2-1-3-5-9)13(17)15-14-8-10-6-7-11(21-10)22(18,19)20;/h1-8,12,16H,(H,15,17)(H,18,19,20);/q;+1/p-1. The number of hydrogen-bond donors (Lipinski definition) is 2. The average molecular weight is 346 g/mol. The van der Waals surface area contributed by atoms with Crippen LogP contribution in [0.25, 0.3) is 0 Å². The molecule has 1 aromatic carbocycles. The zero-order chi connectivity index (χ0) is 16.2. The van der Waals surface area contributed by atoms with E-state index in [9.17, 15) is 22.9 Å². The first kappa shape index (κ1) is 19.6. The second kappa shape index (κ2) is 8.39. The number of hydrazone groups is 1. The Morgan fingerprint density at radius 1 is 1.26 bits per heavy atom. The molecule has 2 rings (SSSR count). The number of aliphatic hydroxyl groups is 1. The molecule has 1 aromatic heterocycles.